The summed E-state index contributed by atoms with van der Waals surface area (Å²) in [5, 5.41) is 11.6. The van der Waals surface area contributed by atoms with E-state index in [1.54, 1.807) is 0 Å². The molecule has 3 nitrogen and oxygen atoms in total. The van der Waals surface area contributed by atoms with Crippen molar-refractivity contribution in [3.63, 3.8) is 0 Å². The first-order valence-corrected chi connectivity index (χ1v) is 21.6. The van der Waals surface area contributed by atoms with Crippen molar-refractivity contribution in [1.82, 2.24) is 0 Å². The van der Waals surface area contributed by atoms with Crippen molar-refractivity contribution >= 4 is 114 Å². The molecule has 0 amide bonds. The molecule has 0 N–H and O–H groups in total. The van der Waals surface area contributed by atoms with E-state index in [0.29, 0.717) is 0 Å². The number of anilines is 3. The first kappa shape index (κ1) is 34.2. The van der Waals surface area contributed by atoms with E-state index in [4.69, 9.17) is 8.83 Å². The molecule has 0 aliphatic heterocycles. The van der Waals surface area contributed by atoms with Crippen LogP contribution < -0.4 is 4.90 Å². The van der Waals surface area contributed by atoms with Crippen LogP contribution in [0.15, 0.2) is 203 Å². The molecule has 0 aliphatic carbocycles. The number of rotatable bonds is 5. The molecule has 61 heavy (non-hydrogen) atoms. The first-order chi connectivity index (χ1) is 30.1. The Labute approximate surface area is 354 Å². The van der Waals surface area contributed by atoms with Crippen molar-refractivity contribution in [1.29, 1.82) is 0 Å². The van der Waals surface area contributed by atoms with Crippen LogP contribution in [0, 0.1) is 6.92 Å². The van der Waals surface area contributed by atoms with Gasteiger partial charge in [-0.25, -0.2) is 0 Å². The molecule has 13 aromatic rings. The van der Waals surface area contributed by atoms with Crippen molar-refractivity contribution in [3.8, 4) is 22.3 Å². The Morgan fingerprint density at radius 2 is 1.10 bits per heavy atom. The maximum Gasteiger partial charge on any atom is 0.143 e. The third-order valence-electron chi connectivity index (χ3n) is 12.5. The number of benzene rings is 10. The van der Waals surface area contributed by atoms with Gasteiger partial charge in [-0.1, -0.05) is 133 Å². The SMILES string of the molecule is Cc1ccc2sc3c(-c4ccc(N(c5ccccc5-c5cccc6oc7cc8ccccc8cc7c56)c5cccc6oc7c8ccccc8ccc7c56)cc4)cccc3c2c1. The zero-order chi connectivity index (χ0) is 40.2. The van der Waals surface area contributed by atoms with Gasteiger partial charge in [0.15, 0.2) is 0 Å². The minimum Gasteiger partial charge on any atom is -0.456 e. The van der Waals surface area contributed by atoms with Crippen LogP contribution in [-0.2, 0) is 0 Å². The van der Waals surface area contributed by atoms with E-state index in [-0.39, 0.29) is 0 Å². The van der Waals surface area contributed by atoms with Crippen LogP contribution in [0.25, 0.3) is 108 Å². The molecule has 0 spiro atoms. The topological polar surface area (TPSA) is 29.5 Å². The lowest BCUT2D eigenvalue weighted by molar-refractivity contribution is 0.669. The number of hydrogen-bond donors (Lipinski definition) is 0. The quantitative estimate of drug-likeness (QED) is 0.174. The molecule has 3 aromatic heterocycles. The molecular weight excluding hydrogens is 763 g/mol. The largest absolute Gasteiger partial charge is 0.456 e. The van der Waals surface area contributed by atoms with Gasteiger partial charge in [0.1, 0.15) is 22.3 Å². The van der Waals surface area contributed by atoms with Crippen molar-refractivity contribution < 1.29 is 8.83 Å². The molecule has 4 heteroatoms. The Morgan fingerprint density at radius 1 is 0.410 bits per heavy atom. The minimum atomic E-state index is 0.851. The third kappa shape index (κ3) is 5.22. The lowest BCUT2D eigenvalue weighted by Gasteiger charge is -2.29. The fraction of sp³-hybridized carbons (Fsp3) is 0.0175. The molecule has 0 radical (unpaired) electrons. The van der Waals surface area contributed by atoms with E-state index in [9.17, 15) is 0 Å². The zero-order valence-electron chi connectivity index (χ0n) is 33.1. The maximum absolute atomic E-state index is 6.79. The average Bonchev–Trinajstić information content (AvgIpc) is 4.00. The molecular formula is C57H35NO2S. The standard InChI is InChI=1S/C57H35NO2S/c1-34-23-30-53-46(31-34)44-18-8-16-41(57(44)61-53)36-24-27-39(28-25-36)58(49-20-10-22-51-55(49)45-29-26-35-11-4-5-14-40(35)56(45)60-51)48-19-7-6-15-42(48)43-17-9-21-50-54(43)47-32-37-12-2-3-13-38(37)33-52(47)59-50/h2-33H,1H3. The number of para-hydroxylation sites is 1. The molecule has 0 fully saturated rings. The van der Waals surface area contributed by atoms with Crippen LogP contribution in [-0.4, -0.2) is 0 Å². The summed E-state index contributed by atoms with van der Waals surface area (Å²) in [7, 11) is 0. The lowest BCUT2D eigenvalue weighted by atomic mass is 9.95. The van der Waals surface area contributed by atoms with Crippen LogP contribution in [0.3, 0.4) is 0 Å². The second-order valence-corrected chi connectivity index (χ2v) is 17.1. The zero-order valence-corrected chi connectivity index (χ0v) is 34.0. The smallest absolute Gasteiger partial charge is 0.143 e. The lowest BCUT2D eigenvalue weighted by Crippen LogP contribution is -2.11. The Morgan fingerprint density at radius 3 is 1.98 bits per heavy atom. The molecule has 0 unspecified atom stereocenters. The fourth-order valence-corrected chi connectivity index (χ4v) is 10.9. The van der Waals surface area contributed by atoms with Gasteiger partial charge in [0.2, 0.25) is 0 Å². The summed E-state index contributed by atoms with van der Waals surface area (Å²) < 4.78 is 16.0. The van der Waals surface area contributed by atoms with E-state index < -0.39 is 0 Å². The van der Waals surface area contributed by atoms with Gasteiger partial charge in [0.25, 0.3) is 0 Å². The molecule has 0 saturated heterocycles. The summed E-state index contributed by atoms with van der Waals surface area (Å²) in [6.45, 7) is 2.17. The second kappa shape index (κ2) is 13.2. The van der Waals surface area contributed by atoms with Gasteiger partial charge in [-0.2, -0.15) is 0 Å². The van der Waals surface area contributed by atoms with E-state index in [1.165, 1.54) is 42.2 Å². The van der Waals surface area contributed by atoms with Gasteiger partial charge in [0, 0.05) is 53.0 Å². The third-order valence-corrected chi connectivity index (χ3v) is 13.7. The van der Waals surface area contributed by atoms with Crippen molar-refractivity contribution in [2.45, 2.75) is 6.92 Å². The number of aryl methyl sites for hydroxylation is 1. The molecule has 286 valence electrons. The Balaban J connectivity index is 1.06. The minimum absolute atomic E-state index is 0.851. The van der Waals surface area contributed by atoms with Crippen LogP contribution >= 0.6 is 11.3 Å². The van der Waals surface area contributed by atoms with Crippen LogP contribution in [0.5, 0.6) is 0 Å². The van der Waals surface area contributed by atoms with Crippen molar-refractivity contribution in [2.75, 3.05) is 4.90 Å². The van der Waals surface area contributed by atoms with E-state index in [0.717, 1.165) is 88.2 Å². The predicted octanol–water partition coefficient (Wildman–Crippen LogP) is 17.3. The van der Waals surface area contributed by atoms with E-state index >= 15 is 0 Å². The van der Waals surface area contributed by atoms with Gasteiger partial charge in [-0.15, -0.1) is 11.3 Å². The second-order valence-electron chi connectivity index (χ2n) is 16.1. The number of hydrogen-bond acceptors (Lipinski definition) is 4. The number of nitrogens with zero attached hydrogens (tertiary/aromatic N) is 1. The Kier molecular flexibility index (Phi) is 7.39. The Hall–Kier alpha value is -7.66. The predicted molar refractivity (Wildman–Crippen MR) is 259 cm³/mol. The molecule has 3 heterocycles. The van der Waals surface area contributed by atoms with Crippen LogP contribution in [0.1, 0.15) is 5.56 Å². The van der Waals surface area contributed by atoms with Gasteiger partial charge in [0.05, 0.1) is 16.8 Å². The van der Waals surface area contributed by atoms with Gasteiger partial charge >= 0.3 is 0 Å². The summed E-state index contributed by atoms with van der Waals surface area (Å²) in [4.78, 5) is 2.42. The summed E-state index contributed by atoms with van der Waals surface area (Å²) in [5.41, 5.74) is 12.6. The summed E-state index contributed by atoms with van der Waals surface area (Å²) >= 11 is 1.87. The normalized spacial score (nSPS) is 12.0. The number of thiophene rings is 1. The highest BCUT2D eigenvalue weighted by atomic mass is 32.1. The number of fused-ring (bicyclic) bond motifs is 12. The average molecular weight is 798 g/mol. The summed E-state index contributed by atoms with van der Waals surface area (Å²) in [5.74, 6) is 0. The Bertz CT molecular complexity index is 3900. The number of furan rings is 2. The summed E-state index contributed by atoms with van der Waals surface area (Å²) in [6.07, 6.45) is 0. The van der Waals surface area contributed by atoms with Crippen LogP contribution in [0.4, 0.5) is 17.1 Å². The van der Waals surface area contributed by atoms with Crippen LogP contribution in [0.2, 0.25) is 0 Å². The molecule has 13 rings (SSSR count). The molecule has 0 bridgehead atoms. The van der Waals surface area contributed by atoms with Crippen molar-refractivity contribution in [2.24, 2.45) is 0 Å². The first-order valence-electron chi connectivity index (χ1n) is 20.7. The molecule has 0 atom stereocenters. The summed E-state index contributed by atoms with van der Waals surface area (Å²) in [6, 6.07) is 70.1. The van der Waals surface area contributed by atoms with Crippen molar-refractivity contribution in [3.05, 3.63) is 200 Å². The van der Waals surface area contributed by atoms with Gasteiger partial charge < -0.3 is 13.7 Å². The fourth-order valence-electron chi connectivity index (χ4n) is 9.69. The highest BCUT2D eigenvalue weighted by Crippen LogP contribution is 2.49. The maximum atomic E-state index is 6.79. The van der Waals surface area contributed by atoms with E-state index in [1.807, 2.05) is 11.3 Å². The van der Waals surface area contributed by atoms with E-state index in [2.05, 4.69) is 206 Å². The van der Waals surface area contributed by atoms with Gasteiger partial charge in [-0.3, -0.25) is 0 Å². The monoisotopic (exact) mass is 797 g/mol. The molecule has 10 aromatic carbocycles. The highest BCUT2D eigenvalue weighted by molar-refractivity contribution is 7.26. The molecule has 0 aliphatic rings. The highest BCUT2D eigenvalue weighted by Gasteiger charge is 2.24. The van der Waals surface area contributed by atoms with Gasteiger partial charge in [-0.05, 0) is 107 Å². The molecule has 0 saturated carbocycles.